The average Bonchev–Trinajstić information content (AvgIpc) is 3.05. The highest BCUT2D eigenvalue weighted by Gasteiger charge is 2.41. The fraction of sp³-hybridized carbons (Fsp3) is 0.111. The van der Waals surface area contributed by atoms with Gasteiger partial charge in [0.15, 0.2) is 0 Å². The van der Waals surface area contributed by atoms with Crippen molar-refractivity contribution in [1.82, 2.24) is 5.16 Å². The van der Waals surface area contributed by atoms with Crippen molar-refractivity contribution in [3.8, 4) is 28.5 Å². The van der Waals surface area contributed by atoms with E-state index in [0.717, 1.165) is 12.1 Å². The lowest BCUT2D eigenvalue weighted by molar-refractivity contribution is -0.154. The van der Waals surface area contributed by atoms with Crippen LogP contribution in [0.4, 0.5) is 17.6 Å². The summed E-state index contributed by atoms with van der Waals surface area (Å²) in [4.78, 5) is -0.859. The first-order chi connectivity index (χ1) is 13.4. The summed E-state index contributed by atoms with van der Waals surface area (Å²) in [6, 6.07) is 8.51. The number of hydrogen-bond acceptors (Lipinski definition) is 5. The van der Waals surface area contributed by atoms with E-state index in [4.69, 9.17) is 10.4 Å². The number of nitrogens with two attached hydrogens (primary N) is 1. The van der Waals surface area contributed by atoms with Crippen molar-refractivity contribution in [3.63, 3.8) is 0 Å². The molecule has 0 amide bonds. The molecule has 3 aromatic rings. The van der Waals surface area contributed by atoms with Crippen LogP contribution in [0, 0.1) is 24.1 Å². The second kappa shape index (κ2) is 6.98. The van der Waals surface area contributed by atoms with E-state index in [1.807, 2.05) is 6.07 Å². The molecule has 3 rings (SSSR count). The van der Waals surface area contributed by atoms with Crippen molar-refractivity contribution in [1.29, 1.82) is 5.26 Å². The molecule has 1 aromatic heterocycles. The zero-order valence-corrected chi connectivity index (χ0v) is 15.4. The average molecular weight is 425 g/mol. The highest BCUT2D eigenvalue weighted by molar-refractivity contribution is 7.89. The molecule has 0 spiro atoms. The molecule has 29 heavy (non-hydrogen) atoms. The molecule has 6 nitrogen and oxygen atoms in total. The Balaban J connectivity index is 2.28. The molecular weight excluding hydrogens is 414 g/mol. The van der Waals surface area contributed by atoms with Crippen LogP contribution in [0.3, 0.4) is 0 Å². The lowest BCUT2D eigenvalue weighted by atomic mass is 9.96. The fourth-order valence-electron chi connectivity index (χ4n) is 2.77. The van der Waals surface area contributed by atoms with Crippen LogP contribution in [-0.2, 0) is 16.2 Å². The van der Waals surface area contributed by atoms with Crippen LogP contribution < -0.4 is 5.14 Å². The minimum atomic E-state index is -4.95. The van der Waals surface area contributed by atoms with E-state index in [1.54, 1.807) is 6.92 Å². The van der Waals surface area contributed by atoms with Gasteiger partial charge in [-0.3, -0.25) is 0 Å². The van der Waals surface area contributed by atoms with Crippen molar-refractivity contribution < 1.29 is 30.5 Å². The minimum Gasteiger partial charge on any atom is -0.350 e. The minimum absolute atomic E-state index is 0.201. The number of sulfonamides is 1. The van der Waals surface area contributed by atoms with Gasteiger partial charge in [0, 0.05) is 5.56 Å². The quantitative estimate of drug-likeness (QED) is 0.638. The van der Waals surface area contributed by atoms with Gasteiger partial charge in [-0.2, -0.15) is 18.4 Å². The van der Waals surface area contributed by atoms with Gasteiger partial charge in [-0.1, -0.05) is 17.3 Å². The van der Waals surface area contributed by atoms with Crippen molar-refractivity contribution in [2.75, 3.05) is 0 Å². The summed E-state index contributed by atoms with van der Waals surface area (Å²) in [7, 11) is -4.40. The number of primary sulfonamides is 1. The molecule has 2 N–H and O–H groups in total. The Morgan fingerprint density at radius 1 is 1.14 bits per heavy atom. The summed E-state index contributed by atoms with van der Waals surface area (Å²) in [6.45, 7) is 1.59. The highest BCUT2D eigenvalue weighted by atomic mass is 32.2. The number of nitriles is 1. The summed E-state index contributed by atoms with van der Waals surface area (Å²) >= 11 is 0. The van der Waals surface area contributed by atoms with E-state index in [0.29, 0.717) is 17.2 Å². The molecule has 0 aliphatic rings. The zero-order chi connectivity index (χ0) is 21.6. The number of benzene rings is 2. The molecule has 2 aromatic carbocycles. The number of halogens is 4. The maximum atomic E-state index is 14.2. The van der Waals surface area contributed by atoms with E-state index in [2.05, 4.69) is 9.68 Å². The number of alkyl halides is 3. The highest BCUT2D eigenvalue weighted by Crippen LogP contribution is 2.43. The predicted molar refractivity (Wildman–Crippen MR) is 93.2 cm³/mol. The Bertz CT molecular complexity index is 1260. The first-order valence-corrected chi connectivity index (χ1v) is 9.39. The summed E-state index contributed by atoms with van der Waals surface area (Å²) in [5, 5.41) is 17.4. The standard InChI is InChI=1S/C18H11F4N3O3S/c1-9-6-11(2-3-12(9)8-23)16-15(17(28-25-16)18(20,21)22)10-4-5-14(13(19)7-10)29(24,26)27/h2-7H,1H3,(H2,24,26,27). The molecule has 0 fully saturated rings. The van der Waals surface area contributed by atoms with E-state index in [1.165, 1.54) is 18.2 Å². The van der Waals surface area contributed by atoms with Gasteiger partial charge >= 0.3 is 6.18 Å². The molecule has 0 aliphatic heterocycles. The van der Waals surface area contributed by atoms with Gasteiger partial charge in [0.2, 0.25) is 15.8 Å². The second-order valence-corrected chi connectivity index (χ2v) is 7.59. The maximum absolute atomic E-state index is 14.2. The Hall–Kier alpha value is -3.23. The molecule has 150 valence electrons. The second-order valence-electron chi connectivity index (χ2n) is 6.06. The van der Waals surface area contributed by atoms with Crippen LogP contribution in [0.1, 0.15) is 16.9 Å². The maximum Gasteiger partial charge on any atom is 0.453 e. The summed E-state index contributed by atoms with van der Waals surface area (Å²) in [5.74, 6) is -2.79. The first-order valence-electron chi connectivity index (χ1n) is 7.84. The van der Waals surface area contributed by atoms with Gasteiger partial charge in [-0.15, -0.1) is 0 Å². The third kappa shape index (κ3) is 3.85. The van der Waals surface area contributed by atoms with Gasteiger partial charge < -0.3 is 4.52 Å². The molecular formula is C18H11F4N3O3S. The zero-order valence-electron chi connectivity index (χ0n) is 14.6. The van der Waals surface area contributed by atoms with Gasteiger partial charge in [0.05, 0.1) is 17.2 Å². The molecule has 0 saturated carbocycles. The van der Waals surface area contributed by atoms with Crippen molar-refractivity contribution in [2.45, 2.75) is 18.0 Å². The van der Waals surface area contributed by atoms with Crippen LogP contribution in [0.15, 0.2) is 45.8 Å². The molecule has 0 atom stereocenters. The van der Waals surface area contributed by atoms with Crippen molar-refractivity contribution in [2.24, 2.45) is 5.14 Å². The molecule has 11 heteroatoms. The van der Waals surface area contributed by atoms with Crippen LogP contribution >= 0.6 is 0 Å². The monoisotopic (exact) mass is 425 g/mol. The SMILES string of the molecule is Cc1cc(-c2noc(C(F)(F)F)c2-c2ccc(S(N)(=O)=O)c(F)c2)ccc1C#N. The lowest BCUT2D eigenvalue weighted by Crippen LogP contribution is -2.14. The smallest absolute Gasteiger partial charge is 0.350 e. The fourth-order valence-corrected chi connectivity index (χ4v) is 3.36. The van der Waals surface area contributed by atoms with Gasteiger partial charge in [-0.25, -0.2) is 17.9 Å². The number of nitrogens with zero attached hydrogens (tertiary/aromatic N) is 2. The van der Waals surface area contributed by atoms with Gasteiger partial charge in [-0.05, 0) is 42.3 Å². The molecule has 0 bridgehead atoms. The largest absolute Gasteiger partial charge is 0.453 e. The van der Waals surface area contributed by atoms with Crippen LogP contribution in [0.2, 0.25) is 0 Å². The van der Waals surface area contributed by atoms with E-state index < -0.39 is 38.2 Å². The lowest BCUT2D eigenvalue weighted by Gasteiger charge is -2.09. The summed E-state index contributed by atoms with van der Waals surface area (Å²) < 4.78 is 81.8. The normalized spacial score (nSPS) is 12.0. The first kappa shape index (κ1) is 20.5. The number of aryl methyl sites for hydroxylation is 1. The topological polar surface area (TPSA) is 110 Å². The van der Waals surface area contributed by atoms with Crippen LogP contribution in [0.5, 0.6) is 0 Å². The third-order valence-corrected chi connectivity index (χ3v) is 5.04. The van der Waals surface area contributed by atoms with Crippen LogP contribution in [-0.4, -0.2) is 13.6 Å². The van der Waals surface area contributed by atoms with Crippen molar-refractivity contribution in [3.05, 3.63) is 59.1 Å². The van der Waals surface area contributed by atoms with Gasteiger partial charge in [0.25, 0.3) is 0 Å². The van der Waals surface area contributed by atoms with Gasteiger partial charge in [0.1, 0.15) is 16.4 Å². The number of rotatable bonds is 3. The molecule has 0 radical (unpaired) electrons. The Kier molecular flexibility index (Phi) is 4.94. The molecule has 1 heterocycles. The van der Waals surface area contributed by atoms with E-state index in [9.17, 15) is 26.0 Å². The molecule has 0 aliphatic carbocycles. The third-order valence-electron chi connectivity index (χ3n) is 4.10. The van der Waals surface area contributed by atoms with E-state index in [-0.39, 0.29) is 16.8 Å². The Labute approximate surface area is 162 Å². The van der Waals surface area contributed by atoms with E-state index >= 15 is 0 Å². The molecule has 0 unspecified atom stereocenters. The predicted octanol–water partition coefficient (Wildman–Crippen LogP) is 3.99. The Morgan fingerprint density at radius 2 is 1.79 bits per heavy atom. The summed E-state index contributed by atoms with van der Waals surface area (Å²) in [6.07, 6.45) is -4.95. The van der Waals surface area contributed by atoms with Crippen molar-refractivity contribution >= 4 is 10.0 Å². The van der Waals surface area contributed by atoms with Crippen LogP contribution in [0.25, 0.3) is 22.4 Å². The number of aromatic nitrogens is 1. The molecule has 0 saturated heterocycles. The summed E-state index contributed by atoms with van der Waals surface area (Å²) in [5.41, 5.74) is -0.108. The number of hydrogen-bond donors (Lipinski definition) is 1. The Morgan fingerprint density at radius 3 is 2.31 bits per heavy atom.